The van der Waals surface area contributed by atoms with Crippen LogP contribution in [0.4, 0.5) is 9.59 Å². The molecule has 0 unspecified atom stereocenters. The average Bonchev–Trinajstić information content (AvgIpc) is 2.79. The van der Waals surface area contributed by atoms with Crippen molar-refractivity contribution in [2.24, 2.45) is 10.8 Å². The maximum Gasteiger partial charge on any atom is 0.408 e. The molecule has 6 fully saturated rings. The molecule has 212 valence electrons. The van der Waals surface area contributed by atoms with Crippen molar-refractivity contribution in [3.05, 3.63) is 12.7 Å². The van der Waals surface area contributed by atoms with Crippen molar-refractivity contribution >= 4 is 12.2 Å². The molecule has 0 aromatic heterocycles. The number of aliphatic hydroxyl groups is 1. The van der Waals surface area contributed by atoms with Gasteiger partial charge in [0.2, 0.25) is 0 Å². The maximum absolute atomic E-state index is 11.9. The van der Waals surface area contributed by atoms with Crippen molar-refractivity contribution in [2.75, 3.05) is 6.61 Å². The number of hydrogen-bond donors (Lipinski definition) is 3. The molecule has 3 N–H and O–H groups in total. The van der Waals surface area contributed by atoms with Gasteiger partial charge in [0.25, 0.3) is 0 Å². The zero-order valence-electron chi connectivity index (χ0n) is 24.3. The fraction of sp³-hybridized carbons (Fsp3) is 0.867. The first-order valence-corrected chi connectivity index (χ1v) is 14.3. The number of ether oxygens (including phenoxy) is 2. The zero-order chi connectivity index (χ0) is 27.6. The van der Waals surface area contributed by atoms with Gasteiger partial charge in [0.1, 0.15) is 11.2 Å². The van der Waals surface area contributed by atoms with Gasteiger partial charge in [-0.3, -0.25) is 0 Å². The van der Waals surface area contributed by atoms with Crippen molar-refractivity contribution < 1.29 is 24.2 Å². The Morgan fingerprint density at radius 2 is 1.08 bits per heavy atom. The van der Waals surface area contributed by atoms with Crippen LogP contribution in [0.15, 0.2) is 12.7 Å². The minimum atomic E-state index is -0.440. The number of allylic oxidation sites excluding steroid dienone is 1. The molecule has 6 aliphatic carbocycles. The molecule has 4 bridgehead atoms. The van der Waals surface area contributed by atoms with Gasteiger partial charge >= 0.3 is 12.2 Å². The summed E-state index contributed by atoms with van der Waals surface area (Å²) in [6.45, 7) is 15.6. The molecule has 0 aromatic carbocycles. The molecule has 0 atom stereocenters. The van der Waals surface area contributed by atoms with Crippen LogP contribution in [-0.4, -0.2) is 46.2 Å². The second-order valence-electron chi connectivity index (χ2n) is 14.4. The Morgan fingerprint density at radius 1 is 0.730 bits per heavy atom. The van der Waals surface area contributed by atoms with Crippen LogP contribution in [0.2, 0.25) is 0 Å². The summed E-state index contributed by atoms with van der Waals surface area (Å²) in [6.07, 6.45) is 15.5. The van der Waals surface area contributed by atoms with Crippen LogP contribution in [0, 0.1) is 10.8 Å². The van der Waals surface area contributed by atoms with E-state index in [9.17, 15) is 14.7 Å². The number of amides is 2. The molecule has 7 nitrogen and oxygen atoms in total. The van der Waals surface area contributed by atoms with Gasteiger partial charge in [0.05, 0.1) is 0 Å². The largest absolute Gasteiger partial charge is 0.444 e. The smallest absolute Gasteiger partial charge is 0.408 e. The van der Waals surface area contributed by atoms with E-state index in [1.165, 1.54) is 0 Å². The van der Waals surface area contributed by atoms with Gasteiger partial charge in [0, 0.05) is 17.7 Å². The topological polar surface area (TPSA) is 96.9 Å². The van der Waals surface area contributed by atoms with E-state index < -0.39 is 11.2 Å². The lowest BCUT2D eigenvalue weighted by Crippen LogP contribution is -2.57. The highest BCUT2D eigenvalue weighted by Gasteiger charge is 2.50. The number of alkyl carbamates (subject to hydrolysis) is 2. The van der Waals surface area contributed by atoms with E-state index in [1.807, 2.05) is 41.5 Å². The lowest BCUT2D eigenvalue weighted by atomic mass is 9.56. The normalized spacial score (nSPS) is 34.6. The third-order valence-electron chi connectivity index (χ3n) is 9.31. The van der Waals surface area contributed by atoms with Crippen LogP contribution in [-0.2, 0) is 9.47 Å². The first kappa shape index (κ1) is 29.8. The van der Waals surface area contributed by atoms with Crippen LogP contribution in [0.25, 0.3) is 0 Å². The molecule has 0 spiro atoms. The highest BCUT2D eigenvalue weighted by Crippen LogP contribution is 2.54. The molecular weight excluding hydrogens is 468 g/mol. The van der Waals surface area contributed by atoms with Crippen LogP contribution >= 0.6 is 0 Å². The maximum atomic E-state index is 11.9. The van der Waals surface area contributed by atoms with Gasteiger partial charge in [-0.25, -0.2) is 9.59 Å². The Morgan fingerprint density at radius 3 is 1.38 bits per heavy atom. The van der Waals surface area contributed by atoms with Crippen LogP contribution in [0.1, 0.15) is 125 Å². The van der Waals surface area contributed by atoms with Gasteiger partial charge < -0.3 is 25.2 Å². The highest BCUT2D eigenvalue weighted by molar-refractivity contribution is 5.69. The Bertz CT molecular complexity index is 789. The molecule has 6 aliphatic rings. The second kappa shape index (κ2) is 10.8. The van der Waals surface area contributed by atoms with Crippen molar-refractivity contribution in [1.29, 1.82) is 0 Å². The summed E-state index contributed by atoms with van der Waals surface area (Å²) < 4.78 is 10.7. The summed E-state index contributed by atoms with van der Waals surface area (Å²) in [5.74, 6) is 0. The summed E-state index contributed by atoms with van der Waals surface area (Å²) in [5.41, 5.74) is -0.254. The summed E-state index contributed by atoms with van der Waals surface area (Å²) in [6, 6.07) is 0. The van der Waals surface area contributed by atoms with Crippen molar-refractivity contribution in [2.45, 2.75) is 147 Å². The summed E-state index contributed by atoms with van der Waals surface area (Å²) >= 11 is 0. The van der Waals surface area contributed by atoms with E-state index in [2.05, 4.69) is 23.3 Å². The number of rotatable bonds is 5. The molecule has 6 rings (SSSR count). The SMILES string of the molecule is C=CC12CCC(NC(=O)OC(C)(C)C)(CC1)CC2.CC(C)(C)OC(=O)NC12CCC(CCO)(CC1)CC2. The molecule has 0 aromatic rings. The number of carbonyl (C=O) groups is 2. The zero-order valence-corrected chi connectivity index (χ0v) is 24.3. The van der Waals surface area contributed by atoms with E-state index in [-0.39, 0.29) is 29.9 Å². The van der Waals surface area contributed by atoms with Crippen molar-refractivity contribution in [3.8, 4) is 0 Å². The van der Waals surface area contributed by atoms with Gasteiger partial charge in [-0.1, -0.05) is 6.08 Å². The van der Waals surface area contributed by atoms with Gasteiger partial charge in [-0.2, -0.15) is 0 Å². The molecule has 7 heteroatoms. The number of nitrogens with one attached hydrogen (secondary N) is 2. The summed E-state index contributed by atoms with van der Waals surface area (Å²) in [4.78, 5) is 23.8. The number of carbonyl (C=O) groups excluding carboxylic acids is 2. The van der Waals surface area contributed by atoms with E-state index in [4.69, 9.17) is 9.47 Å². The monoisotopic (exact) mass is 520 g/mol. The first-order valence-electron chi connectivity index (χ1n) is 14.3. The third-order valence-corrected chi connectivity index (χ3v) is 9.31. The van der Waals surface area contributed by atoms with Crippen LogP contribution in [0.5, 0.6) is 0 Å². The van der Waals surface area contributed by atoms with Crippen LogP contribution in [0.3, 0.4) is 0 Å². The molecule has 0 aliphatic heterocycles. The van der Waals surface area contributed by atoms with Crippen molar-refractivity contribution in [1.82, 2.24) is 10.6 Å². The quantitative estimate of drug-likeness (QED) is 0.347. The van der Waals surface area contributed by atoms with Gasteiger partial charge in [0.15, 0.2) is 0 Å². The number of hydrogen-bond acceptors (Lipinski definition) is 5. The molecular formula is C30H52N2O5. The molecule has 0 saturated heterocycles. The Kier molecular flexibility index (Phi) is 8.68. The lowest BCUT2D eigenvalue weighted by molar-refractivity contribution is -0.00620. The van der Waals surface area contributed by atoms with Gasteiger partial charge in [-0.15, -0.1) is 6.58 Å². The molecule has 0 heterocycles. The fourth-order valence-corrected chi connectivity index (χ4v) is 6.81. The Balaban J connectivity index is 0.000000206. The average molecular weight is 521 g/mol. The number of fused-ring (bicyclic) bond motifs is 6. The second-order valence-corrected chi connectivity index (χ2v) is 14.4. The lowest BCUT2D eigenvalue weighted by Gasteiger charge is -2.53. The highest BCUT2D eigenvalue weighted by atomic mass is 16.6. The fourth-order valence-electron chi connectivity index (χ4n) is 6.81. The molecule has 6 saturated carbocycles. The van der Waals surface area contributed by atoms with Gasteiger partial charge in [-0.05, 0) is 136 Å². The molecule has 37 heavy (non-hydrogen) atoms. The minimum absolute atomic E-state index is 0.0207. The number of aliphatic hydroxyl groups excluding tert-OH is 1. The molecule has 0 radical (unpaired) electrons. The molecule has 2 amide bonds. The van der Waals surface area contributed by atoms with E-state index in [0.717, 1.165) is 83.5 Å². The van der Waals surface area contributed by atoms with Crippen LogP contribution < -0.4 is 10.6 Å². The first-order chi connectivity index (χ1) is 17.1. The predicted octanol–water partition coefficient (Wildman–Crippen LogP) is 6.78. The third kappa shape index (κ3) is 7.87. The van der Waals surface area contributed by atoms with E-state index >= 15 is 0 Å². The van der Waals surface area contributed by atoms with E-state index in [0.29, 0.717) is 10.8 Å². The Hall–Kier alpha value is -1.76. The minimum Gasteiger partial charge on any atom is -0.444 e. The summed E-state index contributed by atoms with van der Waals surface area (Å²) in [7, 11) is 0. The predicted molar refractivity (Wildman–Crippen MR) is 146 cm³/mol. The Labute approximate surface area is 224 Å². The standard InChI is InChI=1S/C15H27NO3.C15H25NO2/c1-13(2,3)19-12(18)16-15-7-4-14(5-8-15,6-9-15)10-11-17;1-5-14-6-9-15(10-7-14,11-8-14)16-12(17)18-13(2,3)4/h17H,4-11H2,1-3H3,(H,16,18);5H,1,6-11H2,2-4H3,(H,16,17). The van der Waals surface area contributed by atoms with Crippen molar-refractivity contribution in [3.63, 3.8) is 0 Å². The summed E-state index contributed by atoms with van der Waals surface area (Å²) in [5, 5.41) is 15.4. The van der Waals surface area contributed by atoms with E-state index in [1.54, 1.807) is 0 Å².